The van der Waals surface area contributed by atoms with Gasteiger partial charge in [0.05, 0.1) is 6.61 Å². The average Bonchev–Trinajstić information content (AvgIpc) is 2.27. The minimum absolute atomic E-state index is 0.338. The molecule has 0 saturated carbocycles. The van der Waals surface area contributed by atoms with Crippen LogP contribution in [0.1, 0.15) is 45.4 Å². The summed E-state index contributed by atoms with van der Waals surface area (Å²) in [6.45, 7) is 2.51. The molecule has 0 amide bonds. The Morgan fingerprint density at radius 2 is 1.53 bits per heavy atom. The van der Waals surface area contributed by atoms with E-state index in [2.05, 4.69) is 40.7 Å². The van der Waals surface area contributed by atoms with Gasteiger partial charge >= 0.3 is 7.82 Å². The Balaban J connectivity index is 3.34. The van der Waals surface area contributed by atoms with Gasteiger partial charge in [-0.05, 0) is 32.2 Å². The van der Waals surface area contributed by atoms with Gasteiger partial charge in [-0.1, -0.05) is 39.0 Å². The minimum Gasteiger partial charge on any atom is -0.286 e. The smallest absolute Gasteiger partial charge is 0.286 e. The third kappa shape index (κ3) is 8.60. The molecular formula is C8H19O4PS2. The first kappa shape index (κ1) is 15.8. The van der Waals surface area contributed by atoms with Gasteiger partial charge in [-0.3, -0.25) is 4.52 Å². The van der Waals surface area contributed by atoms with E-state index in [0.29, 0.717) is 6.61 Å². The fourth-order valence-electron chi connectivity index (χ4n) is 1.12. The predicted octanol–water partition coefficient (Wildman–Crippen LogP) is 4.19. The molecule has 92 valence electrons. The zero-order valence-electron chi connectivity index (χ0n) is 8.92. The first-order chi connectivity index (χ1) is 7.18. The summed E-state index contributed by atoms with van der Waals surface area (Å²) in [5, 5.41) is 0. The molecule has 0 bridgehead atoms. The van der Waals surface area contributed by atoms with Crippen LogP contribution in [-0.4, -0.2) is 6.61 Å². The van der Waals surface area contributed by atoms with Gasteiger partial charge in [0.1, 0.15) is 0 Å². The second-order valence-electron chi connectivity index (χ2n) is 3.21. The Morgan fingerprint density at radius 1 is 1.00 bits per heavy atom. The van der Waals surface area contributed by atoms with Crippen molar-refractivity contribution in [3.8, 4) is 0 Å². The second-order valence-corrected chi connectivity index (χ2v) is 5.67. The minimum atomic E-state index is -3.51. The molecule has 0 fully saturated rings. The maximum atomic E-state index is 11.3. The molecule has 0 aliphatic carbocycles. The van der Waals surface area contributed by atoms with E-state index in [-0.39, 0.29) is 0 Å². The molecule has 0 unspecified atom stereocenters. The van der Waals surface area contributed by atoms with E-state index < -0.39 is 7.82 Å². The van der Waals surface area contributed by atoms with Crippen LogP contribution in [-0.2, 0) is 17.0 Å². The van der Waals surface area contributed by atoms with Gasteiger partial charge in [-0.25, -0.2) is 12.5 Å². The number of hydrogen-bond acceptors (Lipinski definition) is 6. The summed E-state index contributed by atoms with van der Waals surface area (Å²) in [5.41, 5.74) is 0. The van der Waals surface area contributed by atoms with Gasteiger partial charge in [0.25, 0.3) is 0 Å². The standard InChI is InChI=1S/C8H19O4PS2/c1-2-3-4-5-6-7-8-10-13(9,11-14)12-15/h14-15H,2-8H2,1H3. The van der Waals surface area contributed by atoms with Gasteiger partial charge < -0.3 is 0 Å². The molecule has 4 nitrogen and oxygen atoms in total. The average molecular weight is 274 g/mol. The van der Waals surface area contributed by atoms with Gasteiger partial charge in [0.2, 0.25) is 0 Å². The Labute approximate surface area is 103 Å². The normalized spacial score (nSPS) is 11.9. The molecule has 0 aromatic heterocycles. The molecule has 7 heteroatoms. The molecule has 0 aromatic rings. The van der Waals surface area contributed by atoms with Crippen LogP contribution in [0.3, 0.4) is 0 Å². The lowest BCUT2D eigenvalue weighted by atomic mass is 10.1. The van der Waals surface area contributed by atoms with Crippen LogP contribution < -0.4 is 0 Å². The van der Waals surface area contributed by atoms with Crippen molar-refractivity contribution in [2.24, 2.45) is 0 Å². The molecular weight excluding hydrogens is 255 g/mol. The topological polar surface area (TPSA) is 44.8 Å². The van der Waals surface area contributed by atoms with E-state index in [1.165, 1.54) is 25.7 Å². The van der Waals surface area contributed by atoms with Crippen LogP contribution in [0.15, 0.2) is 0 Å². The first-order valence-corrected chi connectivity index (χ1v) is 7.28. The molecule has 0 aliphatic rings. The Kier molecular flexibility index (Phi) is 10.5. The number of rotatable bonds is 10. The molecule has 0 aromatic carbocycles. The van der Waals surface area contributed by atoms with Crippen LogP contribution in [0.2, 0.25) is 0 Å². The molecule has 0 saturated heterocycles. The highest BCUT2D eigenvalue weighted by molar-refractivity contribution is 7.85. The van der Waals surface area contributed by atoms with E-state index in [1.807, 2.05) is 0 Å². The van der Waals surface area contributed by atoms with Crippen molar-refractivity contribution >= 4 is 33.6 Å². The third-order valence-electron chi connectivity index (χ3n) is 1.95. The van der Waals surface area contributed by atoms with E-state index in [4.69, 9.17) is 4.52 Å². The second kappa shape index (κ2) is 10.00. The lowest BCUT2D eigenvalue weighted by Gasteiger charge is -2.10. The Bertz CT molecular complexity index is 183. The molecule has 0 rings (SSSR count). The predicted molar refractivity (Wildman–Crippen MR) is 67.1 cm³/mol. The van der Waals surface area contributed by atoms with Crippen molar-refractivity contribution < 1.29 is 17.0 Å². The van der Waals surface area contributed by atoms with Crippen molar-refractivity contribution in [1.29, 1.82) is 0 Å². The summed E-state index contributed by atoms with van der Waals surface area (Å²) >= 11 is 6.78. The van der Waals surface area contributed by atoms with Crippen LogP contribution in [0, 0.1) is 0 Å². The highest BCUT2D eigenvalue weighted by Crippen LogP contribution is 2.51. The van der Waals surface area contributed by atoms with Gasteiger partial charge in [-0.2, -0.15) is 0 Å². The highest BCUT2D eigenvalue weighted by Gasteiger charge is 2.24. The molecule has 0 aliphatic heterocycles. The van der Waals surface area contributed by atoms with Gasteiger partial charge in [0, 0.05) is 0 Å². The highest BCUT2D eigenvalue weighted by atomic mass is 32.1. The van der Waals surface area contributed by atoms with Crippen molar-refractivity contribution in [2.45, 2.75) is 45.4 Å². The molecule has 0 radical (unpaired) electrons. The van der Waals surface area contributed by atoms with Crippen LogP contribution in [0.4, 0.5) is 0 Å². The van der Waals surface area contributed by atoms with Crippen molar-refractivity contribution in [2.75, 3.05) is 6.61 Å². The van der Waals surface area contributed by atoms with Crippen molar-refractivity contribution in [1.82, 2.24) is 0 Å². The Hall–Kier alpha value is 0.810. The SMILES string of the molecule is CCCCCCCCOP(=O)(OS)OS. The molecule has 0 heterocycles. The quantitative estimate of drug-likeness (QED) is 0.271. The van der Waals surface area contributed by atoms with E-state index in [9.17, 15) is 4.57 Å². The van der Waals surface area contributed by atoms with Crippen molar-refractivity contribution in [3.63, 3.8) is 0 Å². The number of thiol groups is 2. The first-order valence-electron chi connectivity index (χ1n) is 5.09. The summed E-state index contributed by atoms with van der Waals surface area (Å²) in [6, 6.07) is 0. The summed E-state index contributed by atoms with van der Waals surface area (Å²) in [7, 11) is -3.51. The fraction of sp³-hybridized carbons (Fsp3) is 1.00. The monoisotopic (exact) mass is 274 g/mol. The van der Waals surface area contributed by atoms with Gasteiger partial charge in [-0.15, -0.1) is 0 Å². The summed E-state index contributed by atoms with van der Waals surface area (Å²) in [4.78, 5) is 0. The summed E-state index contributed by atoms with van der Waals surface area (Å²) in [5.74, 6) is 0. The maximum absolute atomic E-state index is 11.3. The zero-order chi connectivity index (χ0) is 11.6. The fourth-order valence-corrected chi connectivity index (χ4v) is 2.24. The molecule has 0 spiro atoms. The summed E-state index contributed by atoms with van der Waals surface area (Å²) < 4.78 is 24.7. The third-order valence-corrected chi connectivity index (χ3v) is 4.05. The van der Waals surface area contributed by atoms with Gasteiger partial charge in [0.15, 0.2) is 0 Å². The van der Waals surface area contributed by atoms with Crippen LogP contribution >= 0.6 is 33.6 Å². The van der Waals surface area contributed by atoms with E-state index in [0.717, 1.165) is 12.8 Å². The largest absolute Gasteiger partial charge is 0.496 e. The Morgan fingerprint density at radius 3 is 2.07 bits per heavy atom. The van der Waals surface area contributed by atoms with E-state index in [1.54, 1.807) is 0 Å². The van der Waals surface area contributed by atoms with Crippen LogP contribution in [0.25, 0.3) is 0 Å². The number of phosphoric acid groups is 1. The maximum Gasteiger partial charge on any atom is 0.496 e. The van der Waals surface area contributed by atoms with Crippen LogP contribution in [0.5, 0.6) is 0 Å². The zero-order valence-corrected chi connectivity index (χ0v) is 11.6. The molecule has 15 heavy (non-hydrogen) atoms. The number of hydrogen-bond donors (Lipinski definition) is 2. The lowest BCUT2D eigenvalue weighted by Crippen LogP contribution is -1.94. The van der Waals surface area contributed by atoms with E-state index >= 15 is 0 Å². The molecule has 0 atom stereocenters. The number of unbranched alkanes of at least 4 members (excludes halogenated alkanes) is 5. The lowest BCUT2D eigenvalue weighted by molar-refractivity contribution is 0.223. The summed E-state index contributed by atoms with van der Waals surface area (Å²) in [6.07, 6.45) is 6.79. The van der Waals surface area contributed by atoms with Crippen molar-refractivity contribution in [3.05, 3.63) is 0 Å². The molecule has 0 N–H and O–H groups in total.